The first-order chi connectivity index (χ1) is 8.40. The summed E-state index contributed by atoms with van der Waals surface area (Å²) in [6.45, 7) is 1.62. The molecule has 3 unspecified atom stereocenters. The molecule has 102 valence electrons. The average molecular weight is 276 g/mol. The number of hydrogen-bond acceptors (Lipinski definition) is 5. The van der Waals surface area contributed by atoms with Gasteiger partial charge in [0.05, 0.1) is 12.2 Å². The van der Waals surface area contributed by atoms with E-state index < -0.39 is 33.5 Å². The predicted octanol–water partition coefficient (Wildman–Crippen LogP) is -0.160. The fourth-order valence-electron chi connectivity index (χ4n) is 1.73. The topological polar surface area (TPSA) is 116 Å². The first-order valence-corrected chi connectivity index (χ1v) is 7.21. The number of ether oxygens (including phenoxy) is 1. The normalized spacial score (nSPS) is 25.6. The third-order valence-electron chi connectivity index (χ3n) is 2.78. The van der Waals surface area contributed by atoms with E-state index in [1.54, 1.807) is 13.0 Å². The monoisotopic (exact) mass is 276 g/mol. The molecule has 0 radical (unpaired) electrons. The summed E-state index contributed by atoms with van der Waals surface area (Å²) in [6, 6.07) is 1.71. The van der Waals surface area contributed by atoms with E-state index >= 15 is 0 Å². The molecule has 1 saturated heterocycles. The molecule has 0 spiro atoms. The van der Waals surface area contributed by atoms with Gasteiger partial charge in [0.1, 0.15) is 0 Å². The second-order valence-electron chi connectivity index (χ2n) is 4.08. The molecule has 8 heteroatoms. The molecular formula is C10H16N2O5S. The molecule has 0 aromatic rings. The first kappa shape index (κ1) is 14.9. The van der Waals surface area contributed by atoms with Gasteiger partial charge in [-0.2, -0.15) is 5.26 Å². The number of hydrogen-bond donors (Lipinski definition) is 2. The highest BCUT2D eigenvalue weighted by Gasteiger charge is 2.32. The molecule has 0 aliphatic carbocycles. The lowest BCUT2D eigenvalue weighted by molar-refractivity contribution is -0.149. The molecule has 0 bridgehead atoms. The first-order valence-electron chi connectivity index (χ1n) is 5.67. The van der Waals surface area contributed by atoms with Crippen molar-refractivity contribution in [2.75, 3.05) is 6.54 Å². The van der Waals surface area contributed by atoms with Crippen molar-refractivity contribution in [3.63, 3.8) is 0 Å². The highest BCUT2D eigenvalue weighted by molar-refractivity contribution is 7.90. The summed E-state index contributed by atoms with van der Waals surface area (Å²) in [5, 5.41) is 16.3. The maximum atomic E-state index is 11.7. The van der Waals surface area contributed by atoms with Crippen LogP contribution in [-0.4, -0.2) is 43.5 Å². The van der Waals surface area contributed by atoms with Crippen LogP contribution in [0.5, 0.6) is 0 Å². The zero-order chi connectivity index (χ0) is 13.8. The molecule has 1 aliphatic rings. The number of nitriles is 1. The summed E-state index contributed by atoms with van der Waals surface area (Å²) in [4.78, 5) is 10.6. The van der Waals surface area contributed by atoms with Gasteiger partial charge in [-0.05, 0) is 19.3 Å². The van der Waals surface area contributed by atoms with Gasteiger partial charge in [-0.3, -0.25) is 0 Å². The van der Waals surface area contributed by atoms with Crippen LogP contribution in [0.2, 0.25) is 0 Å². The molecule has 0 aromatic carbocycles. The smallest absolute Gasteiger partial charge is 0.332 e. The van der Waals surface area contributed by atoms with Crippen LogP contribution in [0.3, 0.4) is 0 Å². The van der Waals surface area contributed by atoms with Crippen molar-refractivity contribution >= 4 is 16.0 Å². The van der Waals surface area contributed by atoms with Crippen LogP contribution >= 0.6 is 0 Å². The number of carboxylic acid groups (broad SMARTS) is 1. The summed E-state index contributed by atoms with van der Waals surface area (Å²) in [5.74, 6) is -1.04. The minimum Gasteiger partial charge on any atom is -0.479 e. The third kappa shape index (κ3) is 3.66. The zero-order valence-electron chi connectivity index (χ0n) is 10.00. The molecule has 0 saturated carbocycles. The molecule has 1 fully saturated rings. The molecule has 2 N–H and O–H groups in total. The van der Waals surface area contributed by atoms with E-state index in [0.29, 0.717) is 12.8 Å². The van der Waals surface area contributed by atoms with Gasteiger partial charge in [-0.25, -0.2) is 17.9 Å². The molecule has 18 heavy (non-hydrogen) atoms. The van der Waals surface area contributed by atoms with Gasteiger partial charge < -0.3 is 9.84 Å². The Hall–Kier alpha value is -1.17. The lowest BCUT2D eigenvalue weighted by atomic mass is 10.2. The second kappa shape index (κ2) is 6.13. The van der Waals surface area contributed by atoms with Crippen LogP contribution in [-0.2, 0) is 19.6 Å². The van der Waals surface area contributed by atoms with Crippen molar-refractivity contribution in [3.8, 4) is 6.07 Å². The van der Waals surface area contributed by atoms with Crippen LogP contribution < -0.4 is 4.72 Å². The van der Waals surface area contributed by atoms with Crippen LogP contribution in [0.15, 0.2) is 0 Å². The van der Waals surface area contributed by atoms with E-state index in [2.05, 4.69) is 4.72 Å². The molecule has 0 amide bonds. The van der Waals surface area contributed by atoms with E-state index in [4.69, 9.17) is 15.1 Å². The summed E-state index contributed by atoms with van der Waals surface area (Å²) in [6.07, 6.45) is -0.246. The van der Waals surface area contributed by atoms with E-state index in [1.807, 2.05) is 0 Å². The van der Waals surface area contributed by atoms with Gasteiger partial charge in [0.2, 0.25) is 10.0 Å². The highest BCUT2D eigenvalue weighted by Crippen LogP contribution is 2.19. The fourth-order valence-corrected chi connectivity index (χ4v) is 2.92. The quantitative estimate of drug-likeness (QED) is 0.696. The van der Waals surface area contributed by atoms with E-state index in [-0.39, 0.29) is 13.0 Å². The van der Waals surface area contributed by atoms with E-state index in [0.717, 1.165) is 0 Å². The predicted molar refractivity (Wildman–Crippen MR) is 62.1 cm³/mol. The van der Waals surface area contributed by atoms with Crippen molar-refractivity contribution in [2.24, 2.45) is 0 Å². The largest absolute Gasteiger partial charge is 0.479 e. The van der Waals surface area contributed by atoms with Gasteiger partial charge in [-0.15, -0.1) is 0 Å². The van der Waals surface area contributed by atoms with E-state index in [1.165, 1.54) is 0 Å². The SMILES string of the molecule is CCC(C#N)S(=O)(=O)NCC1CCC(C(=O)O)O1. The van der Waals surface area contributed by atoms with Crippen LogP contribution in [0.25, 0.3) is 0 Å². The number of carbonyl (C=O) groups is 1. The molecule has 1 heterocycles. The summed E-state index contributed by atoms with van der Waals surface area (Å²) >= 11 is 0. The lowest BCUT2D eigenvalue weighted by Crippen LogP contribution is -2.38. The van der Waals surface area contributed by atoms with Crippen molar-refractivity contribution in [3.05, 3.63) is 0 Å². The van der Waals surface area contributed by atoms with Crippen LogP contribution in [0.1, 0.15) is 26.2 Å². The Labute approximate surface area is 106 Å². The number of nitrogens with one attached hydrogen (secondary N) is 1. The Bertz CT molecular complexity index is 442. The number of sulfonamides is 1. The second-order valence-corrected chi connectivity index (χ2v) is 6.03. The summed E-state index contributed by atoms with van der Waals surface area (Å²) in [5.41, 5.74) is 0. The maximum absolute atomic E-state index is 11.7. The molecule has 3 atom stereocenters. The van der Waals surface area contributed by atoms with Crippen LogP contribution in [0, 0.1) is 11.3 Å². The Balaban J connectivity index is 2.48. The van der Waals surface area contributed by atoms with Crippen molar-refractivity contribution in [1.82, 2.24) is 4.72 Å². The van der Waals surface area contributed by atoms with Gasteiger partial charge in [0, 0.05) is 6.54 Å². The lowest BCUT2D eigenvalue weighted by Gasteiger charge is -2.14. The maximum Gasteiger partial charge on any atom is 0.332 e. The number of nitrogens with zero attached hydrogens (tertiary/aromatic N) is 1. The van der Waals surface area contributed by atoms with E-state index in [9.17, 15) is 13.2 Å². The van der Waals surface area contributed by atoms with Gasteiger partial charge in [0.25, 0.3) is 0 Å². The van der Waals surface area contributed by atoms with Gasteiger partial charge in [-0.1, -0.05) is 6.92 Å². The Kier molecular flexibility index (Phi) is 5.07. The Morgan fingerprint density at radius 3 is 2.72 bits per heavy atom. The van der Waals surface area contributed by atoms with Crippen molar-refractivity contribution in [1.29, 1.82) is 5.26 Å². The number of rotatable bonds is 6. The Morgan fingerprint density at radius 1 is 1.61 bits per heavy atom. The standard InChI is InChI=1S/C10H16N2O5S/c1-2-8(5-11)18(15,16)12-6-7-3-4-9(17-7)10(13)14/h7-9,12H,2-4,6H2,1H3,(H,13,14). The summed E-state index contributed by atoms with van der Waals surface area (Å²) in [7, 11) is -3.69. The highest BCUT2D eigenvalue weighted by atomic mass is 32.2. The zero-order valence-corrected chi connectivity index (χ0v) is 10.8. The summed E-state index contributed by atoms with van der Waals surface area (Å²) < 4.78 is 30.8. The van der Waals surface area contributed by atoms with Crippen molar-refractivity contribution < 1.29 is 23.1 Å². The van der Waals surface area contributed by atoms with Crippen LogP contribution in [0.4, 0.5) is 0 Å². The number of aliphatic carboxylic acids is 1. The minimum atomic E-state index is -3.69. The molecule has 7 nitrogen and oxygen atoms in total. The van der Waals surface area contributed by atoms with Crippen molar-refractivity contribution in [2.45, 2.75) is 43.6 Å². The fraction of sp³-hybridized carbons (Fsp3) is 0.800. The molecule has 1 aliphatic heterocycles. The molecule has 1 rings (SSSR count). The third-order valence-corrected chi connectivity index (χ3v) is 4.54. The Morgan fingerprint density at radius 2 is 2.28 bits per heavy atom. The van der Waals surface area contributed by atoms with Gasteiger partial charge in [0.15, 0.2) is 11.4 Å². The number of carboxylic acids is 1. The molecular weight excluding hydrogens is 260 g/mol. The van der Waals surface area contributed by atoms with Gasteiger partial charge >= 0.3 is 5.97 Å². The minimum absolute atomic E-state index is 0.00426. The molecule has 0 aromatic heterocycles. The average Bonchev–Trinajstić information content (AvgIpc) is 2.76.